The number of carbonyl (C=O) groups excluding carboxylic acids is 3. The molecule has 1 unspecified atom stereocenters. The highest BCUT2D eigenvalue weighted by Crippen LogP contribution is 2.16. The van der Waals surface area contributed by atoms with Crippen LogP contribution in [0.3, 0.4) is 0 Å². The Bertz CT molecular complexity index is 1540. The fourth-order valence-corrected chi connectivity index (χ4v) is 8.81. The van der Waals surface area contributed by atoms with E-state index in [1.54, 1.807) is 0 Å². The van der Waals surface area contributed by atoms with E-state index in [1.807, 2.05) is 0 Å². The van der Waals surface area contributed by atoms with Gasteiger partial charge in [-0.3, -0.25) is 14.4 Å². The Morgan fingerprint density at radius 3 is 0.803 bits per heavy atom. The maximum absolute atomic E-state index is 12.9. The predicted molar refractivity (Wildman–Crippen MR) is 330 cm³/mol. The van der Waals surface area contributed by atoms with Crippen molar-refractivity contribution in [1.82, 2.24) is 0 Å². The predicted octanol–water partition coefficient (Wildman–Crippen LogP) is 21.8. The van der Waals surface area contributed by atoms with Gasteiger partial charge in [-0.15, -0.1) is 0 Å². The first-order chi connectivity index (χ1) is 37.5. The van der Waals surface area contributed by atoms with Gasteiger partial charge >= 0.3 is 17.9 Å². The van der Waals surface area contributed by atoms with Crippen molar-refractivity contribution >= 4 is 17.9 Å². The number of rotatable bonds is 57. The monoisotopic (exact) mass is 1050 g/mol. The van der Waals surface area contributed by atoms with Crippen molar-refractivity contribution in [3.05, 3.63) is 109 Å². The van der Waals surface area contributed by atoms with E-state index >= 15 is 0 Å². The molecule has 0 aliphatic heterocycles. The van der Waals surface area contributed by atoms with E-state index in [0.29, 0.717) is 19.3 Å². The number of hydrogen-bond donors (Lipinski definition) is 0. The molecule has 0 bridgehead atoms. The van der Waals surface area contributed by atoms with Crippen LogP contribution in [0.2, 0.25) is 0 Å². The zero-order valence-corrected chi connectivity index (χ0v) is 49.7. The summed E-state index contributed by atoms with van der Waals surface area (Å²) in [6.45, 7) is 6.41. The lowest BCUT2D eigenvalue weighted by Crippen LogP contribution is -2.30. The average molecular weight is 1060 g/mol. The molecular formula is C70H118O6. The van der Waals surface area contributed by atoms with Gasteiger partial charge in [0.1, 0.15) is 13.2 Å². The molecular weight excluding hydrogens is 937 g/mol. The lowest BCUT2D eigenvalue weighted by molar-refractivity contribution is -0.167. The largest absolute Gasteiger partial charge is 0.462 e. The van der Waals surface area contributed by atoms with Crippen molar-refractivity contribution in [2.75, 3.05) is 13.2 Å². The number of ether oxygens (including phenoxy) is 3. The van der Waals surface area contributed by atoms with Crippen LogP contribution in [0.5, 0.6) is 0 Å². The molecule has 434 valence electrons. The number of esters is 3. The summed E-state index contributed by atoms with van der Waals surface area (Å²) in [5.41, 5.74) is 0. The standard InChI is InChI=1S/C70H118O6/c1-4-7-10-13-16-19-22-25-27-29-30-31-32-33-34-35-36-37-38-39-40-42-43-45-48-51-54-57-60-63-69(72)75-66-67(65-74-68(71)62-59-56-53-50-47-24-21-18-15-12-9-6-3)76-70(73)64-61-58-55-52-49-46-44-41-28-26-23-20-17-14-11-8-5-2/h7-8,10-11,16-17,19-20,25-28,30-31,33-34,44,46,67H,4-6,9,12-15,18,21-24,29,32,35-43,45,47-66H2,1-3H3/b10-7-,11-8-,19-16-,20-17-,27-25-,28-26-,31-30-,34-33-,46-44-. The molecule has 0 amide bonds. The molecule has 0 aliphatic rings. The molecule has 76 heavy (non-hydrogen) atoms. The van der Waals surface area contributed by atoms with Crippen LogP contribution >= 0.6 is 0 Å². The molecule has 0 aromatic rings. The van der Waals surface area contributed by atoms with Crippen LogP contribution in [0.4, 0.5) is 0 Å². The molecule has 0 N–H and O–H groups in total. The molecule has 0 saturated heterocycles. The van der Waals surface area contributed by atoms with Gasteiger partial charge in [0.2, 0.25) is 0 Å². The third-order valence-corrected chi connectivity index (χ3v) is 13.5. The van der Waals surface area contributed by atoms with Gasteiger partial charge in [0, 0.05) is 19.3 Å². The molecule has 0 aromatic carbocycles. The van der Waals surface area contributed by atoms with Crippen molar-refractivity contribution in [1.29, 1.82) is 0 Å². The highest BCUT2D eigenvalue weighted by Gasteiger charge is 2.19. The Labute approximate surface area is 470 Å². The summed E-state index contributed by atoms with van der Waals surface area (Å²) >= 11 is 0. The topological polar surface area (TPSA) is 78.9 Å². The molecule has 0 aliphatic carbocycles. The summed E-state index contributed by atoms with van der Waals surface area (Å²) in [7, 11) is 0. The van der Waals surface area contributed by atoms with Crippen molar-refractivity contribution in [3.8, 4) is 0 Å². The van der Waals surface area contributed by atoms with Crippen LogP contribution in [0.15, 0.2) is 109 Å². The van der Waals surface area contributed by atoms with Crippen molar-refractivity contribution < 1.29 is 28.6 Å². The quantitative estimate of drug-likeness (QED) is 0.0261. The summed E-state index contributed by atoms with van der Waals surface area (Å²) in [5, 5.41) is 0. The van der Waals surface area contributed by atoms with Gasteiger partial charge < -0.3 is 14.2 Å². The summed E-state index contributed by atoms with van der Waals surface area (Å²) in [6.07, 6.45) is 86.7. The molecule has 1 atom stereocenters. The Kier molecular flexibility index (Phi) is 60.3. The molecule has 6 nitrogen and oxygen atoms in total. The minimum atomic E-state index is -0.791. The van der Waals surface area contributed by atoms with Gasteiger partial charge in [-0.1, -0.05) is 284 Å². The van der Waals surface area contributed by atoms with Crippen LogP contribution in [0.1, 0.15) is 297 Å². The summed E-state index contributed by atoms with van der Waals surface area (Å²) in [6, 6.07) is 0. The highest BCUT2D eigenvalue weighted by atomic mass is 16.6. The van der Waals surface area contributed by atoms with E-state index in [2.05, 4.69) is 130 Å². The molecule has 0 spiro atoms. The van der Waals surface area contributed by atoms with E-state index in [9.17, 15) is 14.4 Å². The first-order valence-electron chi connectivity index (χ1n) is 31.9. The molecule has 0 radical (unpaired) electrons. The SMILES string of the molecule is CC/C=C\C/C=C\C/C=C\C/C=C\C/C=C\CCCCCCCCCCCCCCCC(=O)OCC(COC(=O)CCCCCCCCCCCCCC)OC(=O)CCCCCC/C=C\C/C=C\C/C=C\C/C=C\CC. The first kappa shape index (κ1) is 72.1. The minimum absolute atomic E-state index is 0.0859. The zero-order chi connectivity index (χ0) is 55.0. The van der Waals surface area contributed by atoms with Gasteiger partial charge in [0.15, 0.2) is 6.10 Å². The van der Waals surface area contributed by atoms with E-state index < -0.39 is 6.10 Å². The van der Waals surface area contributed by atoms with E-state index in [0.717, 1.165) is 128 Å². The maximum atomic E-state index is 12.9. The molecule has 0 saturated carbocycles. The number of unbranched alkanes of at least 4 members (excludes halogenated alkanes) is 28. The Morgan fingerprint density at radius 2 is 0.513 bits per heavy atom. The number of hydrogen-bond acceptors (Lipinski definition) is 6. The minimum Gasteiger partial charge on any atom is -0.462 e. The zero-order valence-electron chi connectivity index (χ0n) is 49.7. The third-order valence-electron chi connectivity index (χ3n) is 13.5. The molecule has 0 rings (SSSR count). The molecule has 0 aromatic heterocycles. The van der Waals surface area contributed by atoms with Crippen molar-refractivity contribution in [2.45, 2.75) is 303 Å². The fraction of sp³-hybridized carbons (Fsp3) is 0.700. The molecule has 0 fully saturated rings. The van der Waals surface area contributed by atoms with Gasteiger partial charge in [-0.25, -0.2) is 0 Å². The molecule has 6 heteroatoms. The second-order valence-corrected chi connectivity index (χ2v) is 20.9. The van der Waals surface area contributed by atoms with E-state index in [1.165, 1.54) is 128 Å². The van der Waals surface area contributed by atoms with Gasteiger partial charge in [-0.2, -0.15) is 0 Å². The van der Waals surface area contributed by atoms with Gasteiger partial charge in [-0.05, 0) is 103 Å². The van der Waals surface area contributed by atoms with Crippen molar-refractivity contribution in [2.24, 2.45) is 0 Å². The van der Waals surface area contributed by atoms with Crippen LogP contribution < -0.4 is 0 Å². The van der Waals surface area contributed by atoms with E-state index in [-0.39, 0.29) is 31.1 Å². The second-order valence-electron chi connectivity index (χ2n) is 20.9. The summed E-state index contributed by atoms with van der Waals surface area (Å²) < 4.78 is 16.9. The first-order valence-corrected chi connectivity index (χ1v) is 31.9. The second kappa shape index (κ2) is 63.6. The normalized spacial score (nSPS) is 12.8. The lowest BCUT2D eigenvalue weighted by atomic mass is 10.0. The number of carbonyl (C=O) groups is 3. The average Bonchev–Trinajstić information content (AvgIpc) is 3.42. The van der Waals surface area contributed by atoms with Gasteiger partial charge in [0.25, 0.3) is 0 Å². The van der Waals surface area contributed by atoms with Gasteiger partial charge in [0.05, 0.1) is 0 Å². The van der Waals surface area contributed by atoms with E-state index in [4.69, 9.17) is 14.2 Å². The van der Waals surface area contributed by atoms with Crippen molar-refractivity contribution in [3.63, 3.8) is 0 Å². The Hall–Kier alpha value is -3.93. The maximum Gasteiger partial charge on any atom is 0.306 e. The lowest BCUT2D eigenvalue weighted by Gasteiger charge is -2.18. The smallest absolute Gasteiger partial charge is 0.306 e. The van der Waals surface area contributed by atoms with Crippen LogP contribution in [-0.2, 0) is 28.6 Å². The Morgan fingerprint density at radius 1 is 0.276 bits per heavy atom. The number of allylic oxidation sites excluding steroid dienone is 18. The third kappa shape index (κ3) is 60.9. The summed E-state index contributed by atoms with van der Waals surface area (Å²) in [5.74, 6) is -0.904. The fourth-order valence-electron chi connectivity index (χ4n) is 8.81. The Balaban J connectivity index is 4.27. The van der Waals surface area contributed by atoms with Crippen LogP contribution in [0.25, 0.3) is 0 Å². The summed E-state index contributed by atoms with van der Waals surface area (Å²) in [4.78, 5) is 38.3. The van der Waals surface area contributed by atoms with Crippen LogP contribution in [-0.4, -0.2) is 37.2 Å². The van der Waals surface area contributed by atoms with Crippen LogP contribution in [0, 0.1) is 0 Å². The molecule has 0 heterocycles. The highest BCUT2D eigenvalue weighted by molar-refractivity contribution is 5.71.